The maximum atomic E-state index is 6.03. The predicted molar refractivity (Wildman–Crippen MR) is 75.8 cm³/mol. The van der Waals surface area contributed by atoms with Gasteiger partial charge >= 0.3 is 0 Å². The summed E-state index contributed by atoms with van der Waals surface area (Å²) >= 11 is 6.03. The van der Waals surface area contributed by atoms with Crippen molar-refractivity contribution in [3.63, 3.8) is 0 Å². The summed E-state index contributed by atoms with van der Waals surface area (Å²) < 4.78 is 1.84. The fourth-order valence-electron chi connectivity index (χ4n) is 1.87. The molecular formula is C13H17ClN4. The molecule has 3 N–H and O–H groups in total. The van der Waals surface area contributed by atoms with E-state index in [1.54, 1.807) is 0 Å². The molecule has 0 fully saturated rings. The van der Waals surface area contributed by atoms with Gasteiger partial charge in [0.1, 0.15) is 0 Å². The Balaban J connectivity index is 2.29. The number of anilines is 1. The molecule has 1 aromatic heterocycles. The lowest BCUT2D eigenvalue weighted by Gasteiger charge is -2.08. The van der Waals surface area contributed by atoms with Gasteiger partial charge in [0.05, 0.1) is 17.6 Å². The van der Waals surface area contributed by atoms with Gasteiger partial charge < -0.3 is 11.1 Å². The summed E-state index contributed by atoms with van der Waals surface area (Å²) in [7, 11) is 1.92. The molecule has 0 amide bonds. The van der Waals surface area contributed by atoms with E-state index in [-0.39, 0.29) is 0 Å². The van der Waals surface area contributed by atoms with Gasteiger partial charge in [0.25, 0.3) is 0 Å². The SMILES string of the molecule is Cn1ncc(NCCCN)c1-c1cccc(Cl)c1. The summed E-state index contributed by atoms with van der Waals surface area (Å²) in [6, 6.07) is 7.76. The third kappa shape index (κ3) is 2.83. The highest BCUT2D eigenvalue weighted by molar-refractivity contribution is 6.30. The van der Waals surface area contributed by atoms with E-state index in [0.717, 1.165) is 34.9 Å². The van der Waals surface area contributed by atoms with Crippen LogP contribution in [0.15, 0.2) is 30.5 Å². The van der Waals surface area contributed by atoms with Crippen LogP contribution in [0.5, 0.6) is 0 Å². The molecule has 2 rings (SSSR count). The number of nitrogens with two attached hydrogens (primary N) is 1. The Kier molecular flexibility index (Phi) is 4.23. The number of rotatable bonds is 5. The highest BCUT2D eigenvalue weighted by Crippen LogP contribution is 2.28. The maximum absolute atomic E-state index is 6.03. The van der Waals surface area contributed by atoms with E-state index in [9.17, 15) is 0 Å². The van der Waals surface area contributed by atoms with E-state index in [2.05, 4.69) is 10.4 Å². The third-order valence-electron chi connectivity index (χ3n) is 2.73. The van der Waals surface area contributed by atoms with E-state index in [0.29, 0.717) is 6.54 Å². The fourth-order valence-corrected chi connectivity index (χ4v) is 2.06. The second-order valence-electron chi connectivity index (χ2n) is 4.11. The zero-order valence-corrected chi connectivity index (χ0v) is 11.1. The lowest BCUT2D eigenvalue weighted by Crippen LogP contribution is -2.08. The minimum absolute atomic E-state index is 0.680. The van der Waals surface area contributed by atoms with E-state index in [1.807, 2.05) is 42.2 Å². The number of aryl methyl sites for hydroxylation is 1. The molecule has 1 heterocycles. The Morgan fingerprint density at radius 3 is 3.00 bits per heavy atom. The summed E-state index contributed by atoms with van der Waals surface area (Å²) in [6.45, 7) is 1.52. The summed E-state index contributed by atoms with van der Waals surface area (Å²) in [5, 5.41) is 8.35. The molecule has 0 spiro atoms. The smallest absolute Gasteiger partial charge is 0.0911 e. The first-order valence-corrected chi connectivity index (χ1v) is 6.32. The monoisotopic (exact) mass is 264 g/mol. The fraction of sp³-hybridized carbons (Fsp3) is 0.308. The first kappa shape index (κ1) is 12.9. The largest absolute Gasteiger partial charge is 0.382 e. The minimum Gasteiger partial charge on any atom is -0.382 e. The Morgan fingerprint density at radius 1 is 1.44 bits per heavy atom. The molecule has 0 unspecified atom stereocenters. The number of nitrogens with one attached hydrogen (secondary N) is 1. The zero-order chi connectivity index (χ0) is 13.0. The van der Waals surface area contributed by atoms with Gasteiger partial charge in [-0.15, -0.1) is 0 Å². The number of nitrogens with zero attached hydrogens (tertiary/aromatic N) is 2. The van der Waals surface area contributed by atoms with Gasteiger partial charge in [0.2, 0.25) is 0 Å². The van der Waals surface area contributed by atoms with Crippen LogP contribution in [-0.4, -0.2) is 22.9 Å². The molecule has 5 heteroatoms. The zero-order valence-electron chi connectivity index (χ0n) is 10.4. The molecule has 0 radical (unpaired) electrons. The Morgan fingerprint density at radius 2 is 2.28 bits per heavy atom. The van der Waals surface area contributed by atoms with Gasteiger partial charge in [0.15, 0.2) is 0 Å². The first-order valence-electron chi connectivity index (χ1n) is 5.94. The number of halogens is 1. The number of benzene rings is 1. The average Bonchev–Trinajstić information content (AvgIpc) is 2.71. The lowest BCUT2D eigenvalue weighted by molar-refractivity contribution is 0.776. The molecule has 0 aliphatic rings. The third-order valence-corrected chi connectivity index (χ3v) is 2.97. The van der Waals surface area contributed by atoms with Crippen LogP contribution in [0.25, 0.3) is 11.3 Å². The summed E-state index contributed by atoms with van der Waals surface area (Å²) in [5.74, 6) is 0. The maximum Gasteiger partial charge on any atom is 0.0911 e. The molecule has 2 aromatic rings. The molecule has 4 nitrogen and oxygen atoms in total. The van der Waals surface area contributed by atoms with Crippen molar-refractivity contribution in [1.29, 1.82) is 0 Å². The van der Waals surface area contributed by atoms with Crippen molar-refractivity contribution in [2.75, 3.05) is 18.4 Å². The molecule has 0 saturated carbocycles. The van der Waals surface area contributed by atoms with Crippen LogP contribution in [-0.2, 0) is 7.05 Å². The van der Waals surface area contributed by atoms with E-state index >= 15 is 0 Å². The molecule has 0 bridgehead atoms. The number of aromatic nitrogens is 2. The van der Waals surface area contributed by atoms with Crippen LogP contribution in [0.3, 0.4) is 0 Å². The second kappa shape index (κ2) is 5.89. The lowest BCUT2D eigenvalue weighted by atomic mass is 10.1. The summed E-state index contributed by atoms with van der Waals surface area (Å²) in [4.78, 5) is 0. The van der Waals surface area contributed by atoms with Crippen LogP contribution in [0.4, 0.5) is 5.69 Å². The highest BCUT2D eigenvalue weighted by atomic mass is 35.5. The molecule has 0 aliphatic heterocycles. The van der Waals surface area contributed by atoms with Crippen LogP contribution in [0.1, 0.15) is 6.42 Å². The molecule has 0 saturated heterocycles. The van der Waals surface area contributed by atoms with E-state index < -0.39 is 0 Å². The van der Waals surface area contributed by atoms with Crippen molar-refractivity contribution >= 4 is 17.3 Å². The molecule has 0 atom stereocenters. The van der Waals surface area contributed by atoms with E-state index in [1.165, 1.54) is 0 Å². The van der Waals surface area contributed by atoms with Crippen LogP contribution in [0.2, 0.25) is 5.02 Å². The quantitative estimate of drug-likeness (QED) is 0.816. The topological polar surface area (TPSA) is 55.9 Å². The van der Waals surface area contributed by atoms with Gasteiger partial charge in [-0.2, -0.15) is 5.10 Å². The van der Waals surface area contributed by atoms with Crippen molar-refractivity contribution in [3.8, 4) is 11.3 Å². The Labute approximate surface area is 112 Å². The van der Waals surface area contributed by atoms with Crippen LogP contribution in [0, 0.1) is 0 Å². The van der Waals surface area contributed by atoms with Crippen molar-refractivity contribution in [3.05, 3.63) is 35.5 Å². The standard InChI is InChI=1S/C13H17ClN4/c1-18-13(10-4-2-5-11(14)8-10)12(9-17-18)16-7-3-6-15/h2,4-5,8-9,16H,3,6-7,15H2,1H3. The summed E-state index contributed by atoms with van der Waals surface area (Å²) in [5.41, 5.74) is 8.59. The van der Waals surface area contributed by atoms with E-state index in [4.69, 9.17) is 17.3 Å². The van der Waals surface area contributed by atoms with Crippen molar-refractivity contribution in [2.45, 2.75) is 6.42 Å². The Bertz CT molecular complexity index is 521. The van der Waals surface area contributed by atoms with Gasteiger partial charge in [-0.25, -0.2) is 0 Å². The molecule has 96 valence electrons. The van der Waals surface area contributed by atoms with Gasteiger partial charge in [-0.05, 0) is 25.1 Å². The van der Waals surface area contributed by atoms with Crippen molar-refractivity contribution < 1.29 is 0 Å². The molecular weight excluding hydrogens is 248 g/mol. The van der Waals surface area contributed by atoms with Crippen LogP contribution >= 0.6 is 11.6 Å². The van der Waals surface area contributed by atoms with Gasteiger partial charge in [-0.3, -0.25) is 4.68 Å². The molecule has 1 aromatic carbocycles. The van der Waals surface area contributed by atoms with Gasteiger partial charge in [0, 0.05) is 24.2 Å². The minimum atomic E-state index is 0.680. The number of hydrogen-bond donors (Lipinski definition) is 2. The highest BCUT2D eigenvalue weighted by Gasteiger charge is 2.10. The molecule has 0 aliphatic carbocycles. The molecule has 18 heavy (non-hydrogen) atoms. The van der Waals surface area contributed by atoms with Crippen molar-refractivity contribution in [1.82, 2.24) is 9.78 Å². The predicted octanol–water partition coefficient (Wildman–Crippen LogP) is 2.50. The summed E-state index contributed by atoms with van der Waals surface area (Å²) in [6.07, 6.45) is 2.76. The van der Waals surface area contributed by atoms with Crippen molar-refractivity contribution in [2.24, 2.45) is 12.8 Å². The second-order valence-corrected chi connectivity index (χ2v) is 4.55. The average molecular weight is 265 g/mol. The number of hydrogen-bond acceptors (Lipinski definition) is 3. The van der Waals surface area contributed by atoms with Gasteiger partial charge in [-0.1, -0.05) is 23.7 Å². The normalized spacial score (nSPS) is 10.6. The first-order chi connectivity index (χ1) is 8.72. The van der Waals surface area contributed by atoms with Crippen LogP contribution < -0.4 is 11.1 Å². The Hall–Kier alpha value is -1.52.